The molecule has 1 atom stereocenters. The third kappa shape index (κ3) is 2.19. The Kier molecular flexibility index (Phi) is 2.64. The average Bonchev–Trinajstić information content (AvgIpc) is 2.63. The van der Waals surface area contributed by atoms with Crippen LogP contribution in [0.1, 0.15) is 20.8 Å². The molecule has 0 saturated carbocycles. The van der Waals surface area contributed by atoms with Crippen LogP contribution in [0, 0.1) is 0 Å². The number of benzene rings is 1. The van der Waals surface area contributed by atoms with E-state index >= 15 is 0 Å². The zero-order valence-corrected chi connectivity index (χ0v) is 9.91. The predicted molar refractivity (Wildman–Crippen MR) is 67.7 cm³/mol. The van der Waals surface area contributed by atoms with Crippen LogP contribution in [0.2, 0.25) is 0 Å². The van der Waals surface area contributed by atoms with Crippen molar-refractivity contribution in [3.05, 3.63) is 30.5 Å². The highest BCUT2D eigenvalue weighted by Gasteiger charge is 2.21. The predicted octanol–water partition coefficient (Wildman–Crippen LogP) is 2.74. The highest BCUT2D eigenvalue weighted by Crippen LogP contribution is 2.20. The first-order chi connectivity index (χ1) is 7.47. The summed E-state index contributed by atoms with van der Waals surface area (Å²) < 4.78 is 0. The van der Waals surface area contributed by atoms with Crippen LogP contribution in [0.25, 0.3) is 10.9 Å². The van der Waals surface area contributed by atoms with E-state index in [9.17, 15) is 5.11 Å². The Hall–Kier alpha value is -1.48. The Balaban J connectivity index is 2.21. The van der Waals surface area contributed by atoms with Gasteiger partial charge in [0.15, 0.2) is 0 Å². The molecular formula is C13H18N2O. The maximum atomic E-state index is 9.85. The van der Waals surface area contributed by atoms with Crippen molar-refractivity contribution in [1.82, 2.24) is 4.98 Å². The molecule has 0 bridgehead atoms. The first-order valence-corrected chi connectivity index (χ1v) is 5.53. The molecule has 2 aromatic rings. The lowest BCUT2D eigenvalue weighted by Crippen LogP contribution is -2.39. The summed E-state index contributed by atoms with van der Waals surface area (Å²) in [6.45, 7) is 5.58. The fourth-order valence-electron chi connectivity index (χ4n) is 1.57. The largest absolute Gasteiger partial charge is 0.388 e. The molecule has 3 nitrogen and oxygen atoms in total. The molecule has 1 unspecified atom stereocenters. The number of nitrogens with one attached hydrogen (secondary N) is 2. The van der Waals surface area contributed by atoms with E-state index in [1.165, 1.54) is 5.39 Å². The molecule has 3 N–H and O–H groups in total. The smallest absolute Gasteiger partial charge is 0.0789 e. The van der Waals surface area contributed by atoms with E-state index in [0.717, 1.165) is 11.2 Å². The molecule has 0 aliphatic carbocycles. The van der Waals surface area contributed by atoms with Crippen molar-refractivity contribution in [2.75, 3.05) is 5.32 Å². The standard InChI is InChI=1S/C13H18N2O/c1-9(13(2,3)16)15-11-4-5-12-10(8-11)6-7-14-12/h4-9,14-16H,1-3H3. The lowest BCUT2D eigenvalue weighted by Gasteiger charge is -2.27. The minimum atomic E-state index is -0.729. The van der Waals surface area contributed by atoms with Crippen LogP contribution in [0.5, 0.6) is 0 Å². The highest BCUT2D eigenvalue weighted by molar-refractivity contribution is 5.83. The van der Waals surface area contributed by atoms with Gasteiger partial charge in [0, 0.05) is 22.8 Å². The van der Waals surface area contributed by atoms with E-state index in [2.05, 4.69) is 16.4 Å². The van der Waals surface area contributed by atoms with Crippen LogP contribution in [0.15, 0.2) is 30.5 Å². The third-order valence-electron chi connectivity index (χ3n) is 3.00. The topological polar surface area (TPSA) is 48.0 Å². The molecule has 1 aromatic heterocycles. The quantitative estimate of drug-likeness (QED) is 0.742. The first kappa shape index (κ1) is 11.0. The number of rotatable bonds is 3. The number of aliphatic hydroxyl groups is 1. The summed E-state index contributed by atoms with van der Waals surface area (Å²) in [6.07, 6.45) is 1.92. The lowest BCUT2D eigenvalue weighted by molar-refractivity contribution is 0.0649. The Bertz CT molecular complexity index is 482. The van der Waals surface area contributed by atoms with Crippen molar-refractivity contribution in [2.45, 2.75) is 32.4 Å². The molecule has 0 radical (unpaired) electrons. The van der Waals surface area contributed by atoms with Crippen LogP contribution < -0.4 is 5.32 Å². The summed E-state index contributed by atoms with van der Waals surface area (Å²) in [5.74, 6) is 0. The second kappa shape index (κ2) is 3.83. The van der Waals surface area contributed by atoms with Gasteiger partial charge in [0.2, 0.25) is 0 Å². The summed E-state index contributed by atoms with van der Waals surface area (Å²) in [5.41, 5.74) is 1.43. The van der Waals surface area contributed by atoms with E-state index in [1.807, 2.05) is 31.3 Å². The van der Waals surface area contributed by atoms with Crippen molar-refractivity contribution >= 4 is 16.6 Å². The molecule has 3 heteroatoms. The molecule has 0 amide bonds. The Morgan fingerprint density at radius 2 is 2.06 bits per heavy atom. The zero-order valence-electron chi connectivity index (χ0n) is 9.91. The number of aromatic nitrogens is 1. The summed E-state index contributed by atoms with van der Waals surface area (Å²) >= 11 is 0. The first-order valence-electron chi connectivity index (χ1n) is 5.53. The van der Waals surface area contributed by atoms with E-state index in [4.69, 9.17) is 0 Å². The Morgan fingerprint density at radius 1 is 1.31 bits per heavy atom. The monoisotopic (exact) mass is 218 g/mol. The SMILES string of the molecule is CC(Nc1ccc2[nH]ccc2c1)C(C)(C)O. The van der Waals surface area contributed by atoms with Gasteiger partial charge < -0.3 is 15.4 Å². The molecule has 0 aliphatic rings. The Labute approximate surface area is 95.5 Å². The van der Waals surface area contributed by atoms with Crippen LogP contribution in [-0.4, -0.2) is 21.7 Å². The van der Waals surface area contributed by atoms with E-state index in [1.54, 1.807) is 13.8 Å². The number of fused-ring (bicyclic) bond motifs is 1. The van der Waals surface area contributed by atoms with Crippen molar-refractivity contribution in [3.8, 4) is 0 Å². The lowest BCUT2D eigenvalue weighted by atomic mass is 10.0. The molecule has 2 rings (SSSR count). The average molecular weight is 218 g/mol. The summed E-state index contributed by atoms with van der Waals surface area (Å²) in [6, 6.07) is 8.17. The molecule has 86 valence electrons. The fraction of sp³-hybridized carbons (Fsp3) is 0.385. The minimum Gasteiger partial charge on any atom is -0.388 e. The van der Waals surface area contributed by atoms with Crippen LogP contribution in [-0.2, 0) is 0 Å². The molecule has 1 aromatic carbocycles. The van der Waals surface area contributed by atoms with Crippen LogP contribution in [0.4, 0.5) is 5.69 Å². The third-order valence-corrected chi connectivity index (χ3v) is 3.00. The number of H-pyrrole nitrogens is 1. The van der Waals surface area contributed by atoms with Gasteiger partial charge in [-0.3, -0.25) is 0 Å². The number of hydrogen-bond donors (Lipinski definition) is 3. The van der Waals surface area contributed by atoms with E-state index < -0.39 is 5.60 Å². The number of hydrogen-bond acceptors (Lipinski definition) is 2. The van der Waals surface area contributed by atoms with Gasteiger partial charge in [0.1, 0.15) is 0 Å². The second-order valence-electron chi connectivity index (χ2n) is 4.80. The van der Waals surface area contributed by atoms with Crippen molar-refractivity contribution in [1.29, 1.82) is 0 Å². The zero-order chi connectivity index (χ0) is 11.8. The second-order valence-corrected chi connectivity index (χ2v) is 4.80. The van der Waals surface area contributed by atoms with Gasteiger partial charge in [-0.2, -0.15) is 0 Å². The molecule has 0 spiro atoms. The van der Waals surface area contributed by atoms with Gasteiger partial charge in [-0.1, -0.05) is 0 Å². The molecule has 0 saturated heterocycles. The summed E-state index contributed by atoms with van der Waals surface area (Å²) in [7, 11) is 0. The van der Waals surface area contributed by atoms with E-state index in [-0.39, 0.29) is 6.04 Å². The maximum Gasteiger partial charge on any atom is 0.0789 e. The van der Waals surface area contributed by atoms with Gasteiger partial charge >= 0.3 is 0 Å². The van der Waals surface area contributed by atoms with Gasteiger partial charge in [0.05, 0.1) is 11.6 Å². The number of anilines is 1. The molecule has 1 heterocycles. The van der Waals surface area contributed by atoms with Gasteiger partial charge in [-0.15, -0.1) is 0 Å². The van der Waals surface area contributed by atoms with Crippen LogP contribution >= 0.6 is 0 Å². The number of aromatic amines is 1. The maximum absolute atomic E-state index is 9.85. The van der Waals surface area contributed by atoms with Gasteiger partial charge in [-0.05, 0) is 45.0 Å². The molecule has 0 fully saturated rings. The minimum absolute atomic E-state index is 0.00360. The molecule has 0 aliphatic heterocycles. The molecular weight excluding hydrogens is 200 g/mol. The molecule has 16 heavy (non-hydrogen) atoms. The van der Waals surface area contributed by atoms with Crippen LogP contribution in [0.3, 0.4) is 0 Å². The van der Waals surface area contributed by atoms with Gasteiger partial charge in [0.25, 0.3) is 0 Å². The van der Waals surface area contributed by atoms with Crippen molar-refractivity contribution in [3.63, 3.8) is 0 Å². The summed E-state index contributed by atoms with van der Waals surface area (Å²) in [4.78, 5) is 3.15. The normalized spacial score (nSPS) is 14.0. The van der Waals surface area contributed by atoms with Gasteiger partial charge in [-0.25, -0.2) is 0 Å². The highest BCUT2D eigenvalue weighted by atomic mass is 16.3. The fourth-order valence-corrected chi connectivity index (χ4v) is 1.57. The van der Waals surface area contributed by atoms with Crippen molar-refractivity contribution < 1.29 is 5.11 Å². The Morgan fingerprint density at radius 3 is 2.75 bits per heavy atom. The van der Waals surface area contributed by atoms with E-state index in [0.29, 0.717) is 0 Å². The van der Waals surface area contributed by atoms with Crippen molar-refractivity contribution in [2.24, 2.45) is 0 Å². The summed E-state index contributed by atoms with van der Waals surface area (Å²) in [5, 5.41) is 14.3.